The van der Waals surface area contributed by atoms with E-state index >= 15 is 0 Å². The molecule has 0 radical (unpaired) electrons. The molecule has 1 rings (SSSR count). The lowest BCUT2D eigenvalue weighted by Crippen LogP contribution is -2.31. The number of ether oxygens (including phenoxy) is 3. The van der Waals surface area contributed by atoms with Gasteiger partial charge in [0.1, 0.15) is 6.10 Å². The number of carbonyl (C=O) groups excluding carboxylic acids is 2. The van der Waals surface area contributed by atoms with Gasteiger partial charge in [-0.3, -0.25) is 14.9 Å². The average molecular weight is 353 g/mol. The van der Waals surface area contributed by atoms with Gasteiger partial charge in [-0.2, -0.15) is 0 Å². The van der Waals surface area contributed by atoms with E-state index in [9.17, 15) is 19.7 Å². The maximum absolute atomic E-state index is 12.2. The summed E-state index contributed by atoms with van der Waals surface area (Å²) >= 11 is 0. The highest BCUT2D eigenvalue weighted by Crippen LogP contribution is 2.15. The van der Waals surface area contributed by atoms with Gasteiger partial charge in [0.2, 0.25) is 0 Å². The highest BCUT2D eigenvalue weighted by atomic mass is 16.6. The number of rotatable bonds is 8. The molecule has 0 amide bonds. The normalized spacial score (nSPS) is 12.3. The lowest BCUT2D eigenvalue weighted by Gasteiger charge is -2.24. The van der Waals surface area contributed by atoms with Crippen LogP contribution in [0, 0.1) is 10.1 Å². The Labute approximate surface area is 146 Å². The van der Waals surface area contributed by atoms with Crippen LogP contribution in [0.15, 0.2) is 24.3 Å². The van der Waals surface area contributed by atoms with Crippen LogP contribution in [0.4, 0.5) is 5.69 Å². The van der Waals surface area contributed by atoms with E-state index in [0.717, 1.165) is 0 Å². The Hall–Kier alpha value is -2.48. The molecule has 0 spiro atoms. The van der Waals surface area contributed by atoms with Crippen LogP contribution in [0.5, 0.6) is 0 Å². The van der Waals surface area contributed by atoms with Crippen LogP contribution in [-0.4, -0.2) is 41.8 Å². The maximum Gasteiger partial charge on any atom is 0.338 e. The fourth-order valence-electron chi connectivity index (χ4n) is 1.82. The fraction of sp³-hybridized carbons (Fsp3) is 0.529. The van der Waals surface area contributed by atoms with Crippen LogP contribution >= 0.6 is 0 Å². The first-order valence-electron chi connectivity index (χ1n) is 7.87. The van der Waals surface area contributed by atoms with Gasteiger partial charge in [0.25, 0.3) is 5.69 Å². The molecule has 1 unspecified atom stereocenters. The number of nitro groups is 1. The van der Waals surface area contributed by atoms with Gasteiger partial charge in [-0.15, -0.1) is 0 Å². The van der Waals surface area contributed by atoms with Crippen molar-refractivity contribution in [2.45, 2.75) is 45.8 Å². The largest absolute Gasteiger partial charge is 0.466 e. The quantitative estimate of drug-likeness (QED) is 0.402. The molecule has 0 saturated carbocycles. The zero-order valence-electron chi connectivity index (χ0n) is 14.8. The summed E-state index contributed by atoms with van der Waals surface area (Å²) < 4.78 is 15.8. The first kappa shape index (κ1) is 20.6. The van der Waals surface area contributed by atoms with Gasteiger partial charge < -0.3 is 14.2 Å². The smallest absolute Gasteiger partial charge is 0.338 e. The van der Waals surface area contributed by atoms with Crippen molar-refractivity contribution in [1.82, 2.24) is 0 Å². The van der Waals surface area contributed by atoms with Crippen LogP contribution in [0.3, 0.4) is 0 Å². The molecular formula is C17H23NO7. The molecule has 0 aromatic heterocycles. The zero-order valence-corrected chi connectivity index (χ0v) is 14.8. The second kappa shape index (κ2) is 9.12. The molecule has 0 heterocycles. The molecular weight excluding hydrogens is 330 g/mol. The molecule has 0 aliphatic carbocycles. The van der Waals surface area contributed by atoms with Crippen molar-refractivity contribution in [3.8, 4) is 0 Å². The molecule has 0 aliphatic heterocycles. The van der Waals surface area contributed by atoms with Crippen LogP contribution < -0.4 is 0 Å². The van der Waals surface area contributed by atoms with Gasteiger partial charge in [-0.25, -0.2) is 4.79 Å². The third-order valence-corrected chi connectivity index (χ3v) is 2.99. The van der Waals surface area contributed by atoms with Crippen molar-refractivity contribution in [1.29, 1.82) is 0 Å². The molecule has 138 valence electrons. The number of benzene rings is 1. The summed E-state index contributed by atoms with van der Waals surface area (Å²) in [6, 6.07) is 5.02. The van der Waals surface area contributed by atoms with Crippen molar-refractivity contribution < 1.29 is 28.7 Å². The maximum atomic E-state index is 12.2. The Morgan fingerprint density at radius 2 is 1.80 bits per heavy atom. The molecule has 0 fully saturated rings. The molecule has 0 N–H and O–H groups in total. The van der Waals surface area contributed by atoms with Crippen molar-refractivity contribution in [3.05, 3.63) is 39.9 Å². The topological polar surface area (TPSA) is 105 Å². The molecule has 1 aromatic rings. The summed E-state index contributed by atoms with van der Waals surface area (Å²) in [7, 11) is 0. The van der Waals surface area contributed by atoms with E-state index < -0.39 is 28.6 Å². The fourth-order valence-corrected chi connectivity index (χ4v) is 1.82. The molecule has 1 aromatic carbocycles. The Morgan fingerprint density at radius 1 is 1.20 bits per heavy atom. The van der Waals surface area contributed by atoms with Gasteiger partial charge in [-0.05, 0) is 39.8 Å². The second-order valence-corrected chi connectivity index (χ2v) is 6.26. The van der Waals surface area contributed by atoms with Crippen LogP contribution in [0.25, 0.3) is 0 Å². The van der Waals surface area contributed by atoms with E-state index in [4.69, 9.17) is 14.2 Å². The number of carbonyl (C=O) groups is 2. The number of hydrogen-bond acceptors (Lipinski definition) is 7. The Morgan fingerprint density at radius 3 is 2.28 bits per heavy atom. The summed E-state index contributed by atoms with van der Waals surface area (Å²) in [6.45, 7) is 7.45. The highest BCUT2D eigenvalue weighted by Gasteiger charge is 2.23. The molecule has 8 heteroatoms. The van der Waals surface area contributed by atoms with E-state index in [1.54, 1.807) is 6.92 Å². The molecule has 0 bridgehead atoms. The molecule has 8 nitrogen and oxygen atoms in total. The van der Waals surface area contributed by atoms with Crippen molar-refractivity contribution in [2.24, 2.45) is 0 Å². The van der Waals surface area contributed by atoms with Crippen molar-refractivity contribution in [3.63, 3.8) is 0 Å². The predicted octanol–water partition coefficient (Wildman–Crippen LogP) is 2.89. The van der Waals surface area contributed by atoms with Crippen LogP contribution in [-0.2, 0) is 19.0 Å². The lowest BCUT2D eigenvalue weighted by molar-refractivity contribution is -0.384. The molecule has 25 heavy (non-hydrogen) atoms. The zero-order chi connectivity index (χ0) is 19.0. The summed E-state index contributed by atoms with van der Waals surface area (Å²) in [4.78, 5) is 34.0. The van der Waals surface area contributed by atoms with E-state index in [1.165, 1.54) is 24.3 Å². The SMILES string of the molecule is CCOC(=O)CC(COC(C)(C)C)OC(=O)c1ccc([N+](=O)[O-])cc1. The molecule has 0 aliphatic rings. The second-order valence-electron chi connectivity index (χ2n) is 6.26. The van der Waals surface area contributed by atoms with Gasteiger partial charge in [-0.1, -0.05) is 0 Å². The number of hydrogen-bond donors (Lipinski definition) is 0. The number of non-ortho nitro benzene ring substituents is 1. The van der Waals surface area contributed by atoms with E-state index in [2.05, 4.69) is 0 Å². The van der Waals surface area contributed by atoms with Gasteiger partial charge >= 0.3 is 11.9 Å². The standard InChI is InChI=1S/C17H23NO7/c1-5-23-15(19)10-14(11-24-17(2,3)4)25-16(20)12-6-8-13(9-7-12)18(21)22/h6-9,14H,5,10-11H2,1-4H3. The number of nitrogens with zero attached hydrogens (tertiary/aromatic N) is 1. The first-order chi connectivity index (χ1) is 11.6. The first-order valence-corrected chi connectivity index (χ1v) is 7.87. The summed E-state index contributed by atoms with van der Waals surface area (Å²) in [5.41, 5.74) is -0.446. The summed E-state index contributed by atoms with van der Waals surface area (Å²) in [5, 5.41) is 10.6. The minimum absolute atomic E-state index is 0.0288. The lowest BCUT2D eigenvalue weighted by atomic mass is 10.2. The minimum Gasteiger partial charge on any atom is -0.466 e. The molecule has 0 saturated heterocycles. The van der Waals surface area contributed by atoms with Crippen LogP contribution in [0.1, 0.15) is 44.5 Å². The number of esters is 2. The van der Waals surface area contributed by atoms with E-state index in [-0.39, 0.29) is 30.9 Å². The monoisotopic (exact) mass is 353 g/mol. The minimum atomic E-state index is -0.819. The average Bonchev–Trinajstić information content (AvgIpc) is 2.52. The predicted molar refractivity (Wildman–Crippen MR) is 89.3 cm³/mol. The van der Waals surface area contributed by atoms with Crippen LogP contribution in [0.2, 0.25) is 0 Å². The third-order valence-electron chi connectivity index (χ3n) is 2.99. The third kappa shape index (κ3) is 7.75. The van der Waals surface area contributed by atoms with E-state index in [0.29, 0.717) is 0 Å². The van der Waals surface area contributed by atoms with Gasteiger partial charge in [0.05, 0.1) is 35.7 Å². The summed E-state index contributed by atoms with van der Waals surface area (Å²) in [6.07, 6.45) is -0.955. The van der Waals surface area contributed by atoms with Crippen molar-refractivity contribution >= 4 is 17.6 Å². The Bertz CT molecular complexity index is 604. The molecule has 1 atom stereocenters. The van der Waals surface area contributed by atoms with Crippen molar-refractivity contribution in [2.75, 3.05) is 13.2 Å². The highest BCUT2D eigenvalue weighted by molar-refractivity contribution is 5.90. The Kier molecular flexibility index (Phi) is 7.50. The van der Waals surface area contributed by atoms with Gasteiger partial charge in [0, 0.05) is 12.1 Å². The summed E-state index contributed by atoms with van der Waals surface area (Å²) in [5.74, 6) is -1.19. The number of nitro benzene ring substituents is 1. The Balaban J connectivity index is 2.78. The van der Waals surface area contributed by atoms with Gasteiger partial charge in [0.15, 0.2) is 0 Å². The van der Waals surface area contributed by atoms with E-state index in [1.807, 2.05) is 20.8 Å².